The van der Waals surface area contributed by atoms with Gasteiger partial charge in [-0.1, -0.05) is 85.3 Å². The van der Waals surface area contributed by atoms with Crippen LogP contribution in [0.5, 0.6) is 0 Å². The van der Waals surface area contributed by atoms with Gasteiger partial charge in [-0.25, -0.2) is 16.8 Å². The number of nitrogens with zero attached hydrogens (tertiary/aromatic N) is 1. The minimum atomic E-state index is -3.91. The summed E-state index contributed by atoms with van der Waals surface area (Å²) in [4.78, 5) is 0.419. The second kappa shape index (κ2) is 9.70. The summed E-state index contributed by atoms with van der Waals surface area (Å²) in [5.41, 5.74) is 2.52. The number of rotatable bonds is 6. The van der Waals surface area contributed by atoms with E-state index in [1.54, 1.807) is 54.6 Å². The Balaban J connectivity index is 1.82. The van der Waals surface area contributed by atoms with E-state index in [9.17, 15) is 16.8 Å². The predicted octanol–water partition coefficient (Wildman–Crippen LogP) is 5.08. The van der Waals surface area contributed by atoms with Gasteiger partial charge in [-0.15, -0.1) is 0 Å². The van der Waals surface area contributed by atoms with Gasteiger partial charge in [-0.2, -0.15) is 4.31 Å². The molecule has 34 heavy (non-hydrogen) atoms. The van der Waals surface area contributed by atoms with Crippen LogP contribution in [0.3, 0.4) is 0 Å². The number of hydrogen-bond donors (Lipinski definition) is 0. The highest BCUT2D eigenvalue weighted by atomic mass is 32.2. The fraction of sp³-hybridized carbons (Fsp3) is 0.185. The van der Waals surface area contributed by atoms with Crippen LogP contribution in [-0.4, -0.2) is 34.2 Å². The summed E-state index contributed by atoms with van der Waals surface area (Å²) < 4.78 is 55.5. The van der Waals surface area contributed by atoms with Crippen LogP contribution < -0.4 is 0 Å². The lowest BCUT2D eigenvalue weighted by atomic mass is 9.96. The Morgan fingerprint density at radius 1 is 0.765 bits per heavy atom. The Kier molecular flexibility index (Phi) is 6.89. The SMILES string of the molecule is Cc1ccc(S(=O)(=O)N2CC(S(=O)(=O)c3ccccc3)=C(/C=C/c3ccccc3)C(C)C2)cc1. The minimum absolute atomic E-state index is 0.111. The van der Waals surface area contributed by atoms with Crippen molar-refractivity contribution in [2.24, 2.45) is 5.92 Å². The number of sulfonamides is 1. The van der Waals surface area contributed by atoms with Crippen molar-refractivity contribution < 1.29 is 16.8 Å². The smallest absolute Gasteiger partial charge is 0.219 e. The highest BCUT2D eigenvalue weighted by Crippen LogP contribution is 2.34. The molecule has 0 N–H and O–H groups in total. The van der Waals surface area contributed by atoms with E-state index in [2.05, 4.69) is 0 Å². The first-order chi connectivity index (χ1) is 16.2. The molecule has 0 aliphatic carbocycles. The maximum absolute atomic E-state index is 13.7. The molecule has 1 aliphatic rings. The van der Waals surface area contributed by atoms with E-state index >= 15 is 0 Å². The fourth-order valence-electron chi connectivity index (χ4n) is 4.03. The van der Waals surface area contributed by atoms with Crippen molar-refractivity contribution in [2.75, 3.05) is 13.1 Å². The van der Waals surface area contributed by atoms with Crippen LogP contribution in [0, 0.1) is 12.8 Å². The summed E-state index contributed by atoms with van der Waals surface area (Å²) in [7, 11) is -7.78. The molecule has 1 aliphatic heterocycles. The summed E-state index contributed by atoms with van der Waals surface area (Å²) in [5, 5.41) is 0. The third kappa shape index (κ3) is 4.92. The normalized spacial score (nSPS) is 17.9. The first kappa shape index (κ1) is 24.1. The molecule has 1 unspecified atom stereocenters. The summed E-state index contributed by atoms with van der Waals surface area (Å²) in [5.74, 6) is -0.317. The molecular weight excluding hydrogens is 466 g/mol. The first-order valence-corrected chi connectivity index (χ1v) is 13.9. The predicted molar refractivity (Wildman–Crippen MR) is 135 cm³/mol. The van der Waals surface area contributed by atoms with E-state index in [1.165, 1.54) is 4.31 Å². The molecule has 3 aromatic rings. The van der Waals surface area contributed by atoms with Crippen LogP contribution in [0.25, 0.3) is 6.08 Å². The average molecular weight is 494 g/mol. The van der Waals surface area contributed by atoms with Gasteiger partial charge < -0.3 is 0 Å². The highest BCUT2D eigenvalue weighted by molar-refractivity contribution is 7.95. The van der Waals surface area contributed by atoms with Gasteiger partial charge in [0.2, 0.25) is 19.9 Å². The van der Waals surface area contributed by atoms with E-state index in [0.717, 1.165) is 11.1 Å². The molecule has 0 fully saturated rings. The summed E-state index contributed by atoms with van der Waals surface area (Å²) in [6, 6.07) is 24.4. The summed E-state index contributed by atoms with van der Waals surface area (Å²) >= 11 is 0. The van der Waals surface area contributed by atoms with Crippen molar-refractivity contribution in [1.82, 2.24) is 4.31 Å². The van der Waals surface area contributed by atoms with E-state index < -0.39 is 19.9 Å². The van der Waals surface area contributed by atoms with Crippen molar-refractivity contribution in [3.05, 3.63) is 113 Å². The number of allylic oxidation sites excluding steroid dienone is 1. The Hall–Kier alpha value is -3.00. The minimum Gasteiger partial charge on any atom is -0.219 e. The Morgan fingerprint density at radius 2 is 1.35 bits per heavy atom. The van der Waals surface area contributed by atoms with Gasteiger partial charge in [0.25, 0.3) is 0 Å². The van der Waals surface area contributed by atoms with Crippen molar-refractivity contribution in [2.45, 2.75) is 23.6 Å². The monoisotopic (exact) mass is 493 g/mol. The number of benzene rings is 3. The second-order valence-electron chi connectivity index (χ2n) is 8.45. The summed E-state index contributed by atoms with van der Waals surface area (Å²) in [6.45, 7) is 3.73. The van der Waals surface area contributed by atoms with Crippen molar-refractivity contribution in [3.63, 3.8) is 0 Å². The highest BCUT2D eigenvalue weighted by Gasteiger charge is 2.37. The largest absolute Gasteiger partial charge is 0.243 e. The van der Waals surface area contributed by atoms with Crippen LogP contribution in [0.15, 0.2) is 111 Å². The summed E-state index contributed by atoms with van der Waals surface area (Å²) in [6.07, 6.45) is 3.68. The molecule has 0 aromatic heterocycles. The van der Waals surface area contributed by atoms with Crippen LogP contribution >= 0.6 is 0 Å². The lowest BCUT2D eigenvalue weighted by molar-refractivity contribution is 0.381. The van der Waals surface area contributed by atoms with Crippen molar-refractivity contribution in [1.29, 1.82) is 0 Å². The molecular formula is C27H27NO4S2. The van der Waals surface area contributed by atoms with Gasteiger partial charge in [-0.05, 0) is 48.2 Å². The fourth-order valence-corrected chi connectivity index (χ4v) is 7.31. The molecule has 0 amide bonds. The zero-order chi connectivity index (χ0) is 24.3. The second-order valence-corrected chi connectivity index (χ2v) is 12.4. The molecule has 0 radical (unpaired) electrons. The van der Waals surface area contributed by atoms with Gasteiger partial charge in [0.15, 0.2) is 0 Å². The number of hydrogen-bond acceptors (Lipinski definition) is 4. The first-order valence-electron chi connectivity index (χ1n) is 11.0. The van der Waals surface area contributed by atoms with Crippen LogP contribution in [-0.2, 0) is 19.9 Å². The molecule has 0 bridgehead atoms. The van der Waals surface area contributed by atoms with Crippen LogP contribution in [0.4, 0.5) is 0 Å². The van der Waals surface area contributed by atoms with E-state index in [1.807, 2.05) is 56.3 Å². The van der Waals surface area contributed by atoms with Crippen molar-refractivity contribution in [3.8, 4) is 0 Å². The van der Waals surface area contributed by atoms with Gasteiger partial charge >= 0.3 is 0 Å². The lowest BCUT2D eigenvalue weighted by Gasteiger charge is -2.33. The molecule has 4 rings (SSSR count). The quantitative estimate of drug-likeness (QED) is 0.480. The van der Waals surface area contributed by atoms with E-state index in [0.29, 0.717) is 5.57 Å². The Morgan fingerprint density at radius 3 is 1.97 bits per heavy atom. The number of sulfone groups is 1. The molecule has 0 saturated carbocycles. The average Bonchev–Trinajstić information content (AvgIpc) is 2.84. The van der Waals surface area contributed by atoms with E-state index in [-0.39, 0.29) is 33.7 Å². The number of aryl methyl sites for hydroxylation is 1. The molecule has 1 atom stereocenters. The Labute approximate surface area is 202 Å². The third-order valence-electron chi connectivity index (χ3n) is 5.94. The molecule has 3 aromatic carbocycles. The third-order valence-corrected chi connectivity index (χ3v) is 9.67. The van der Waals surface area contributed by atoms with Crippen molar-refractivity contribution >= 4 is 25.9 Å². The molecule has 1 heterocycles. The lowest BCUT2D eigenvalue weighted by Crippen LogP contribution is -2.42. The standard InChI is InChI=1S/C27H27NO4S2/c1-21-13-16-25(17-14-21)34(31,32)28-19-22(2)26(18-15-23-9-5-3-6-10-23)27(20-28)33(29,30)24-11-7-4-8-12-24/h3-18,22H,19-20H2,1-2H3/b18-15+. The van der Waals surface area contributed by atoms with Crippen LogP contribution in [0.2, 0.25) is 0 Å². The molecule has 0 spiro atoms. The van der Waals surface area contributed by atoms with Crippen LogP contribution in [0.1, 0.15) is 18.1 Å². The maximum atomic E-state index is 13.7. The zero-order valence-corrected chi connectivity index (χ0v) is 20.8. The van der Waals surface area contributed by atoms with Gasteiger partial charge in [0, 0.05) is 6.54 Å². The molecule has 7 heteroatoms. The molecule has 5 nitrogen and oxygen atoms in total. The van der Waals surface area contributed by atoms with Gasteiger partial charge in [-0.3, -0.25) is 0 Å². The topological polar surface area (TPSA) is 71.5 Å². The zero-order valence-electron chi connectivity index (χ0n) is 19.1. The van der Waals surface area contributed by atoms with Gasteiger partial charge in [0.05, 0.1) is 21.2 Å². The Bertz CT molecular complexity index is 1430. The van der Waals surface area contributed by atoms with Gasteiger partial charge in [0.1, 0.15) is 0 Å². The maximum Gasteiger partial charge on any atom is 0.243 e. The molecule has 176 valence electrons. The van der Waals surface area contributed by atoms with E-state index in [4.69, 9.17) is 0 Å². The molecule has 0 saturated heterocycles.